The predicted molar refractivity (Wildman–Crippen MR) is 66.4 cm³/mol. The summed E-state index contributed by atoms with van der Waals surface area (Å²) in [7, 11) is 0. The van der Waals surface area contributed by atoms with E-state index in [0.29, 0.717) is 35.3 Å². The third-order valence-electron chi connectivity index (χ3n) is 2.85. The van der Waals surface area contributed by atoms with E-state index in [2.05, 4.69) is 0 Å². The van der Waals surface area contributed by atoms with E-state index in [0.717, 1.165) is 5.56 Å². The lowest BCUT2D eigenvalue weighted by atomic mass is 9.98. The smallest absolute Gasteiger partial charge is 0.305 e. The molecule has 1 unspecified atom stereocenters. The van der Waals surface area contributed by atoms with Gasteiger partial charge in [0.2, 0.25) is 0 Å². The predicted octanol–water partition coefficient (Wildman–Crippen LogP) is 1.89. The van der Waals surface area contributed by atoms with Crippen molar-refractivity contribution in [2.75, 3.05) is 13.2 Å². The minimum absolute atomic E-state index is 0.156. The monoisotopic (exact) mass is 271 g/mol. The highest BCUT2D eigenvalue weighted by Crippen LogP contribution is 2.42. The zero-order chi connectivity index (χ0) is 13.3. The Labute approximate surface area is 109 Å². The molecule has 0 saturated heterocycles. The number of ether oxygens (including phenoxy) is 2. The number of rotatable bonds is 3. The van der Waals surface area contributed by atoms with Gasteiger partial charge in [0.25, 0.3) is 0 Å². The molecule has 0 fully saturated rings. The molecule has 1 aliphatic heterocycles. The fraction of sp³-hybridized carbons (Fsp3) is 0.417. The van der Waals surface area contributed by atoms with Crippen molar-refractivity contribution >= 4 is 17.6 Å². The molecule has 18 heavy (non-hydrogen) atoms. The van der Waals surface area contributed by atoms with Crippen LogP contribution in [0.25, 0.3) is 0 Å². The number of carbonyl (C=O) groups is 1. The molecular formula is C12H14ClNO4. The Morgan fingerprint density at radius 2 is 2.22 bits per heavy atom. The van der Waals surface area contributed by atoms with E-state index in [1.54, 1.807) is 13.0 Å². The van der Waals surface area contributed by atoms with E-state index in [1.807, 2.05) is 0 Å². The van der Waals surface area contributed by atoms with Crippen molar-refractivity contribution in [3.63, 3.8) is 0 Å². The summed E-state index contributed by atoms with van der Waals surface area (Å²) in [4.78, 5) is 10.7. The van der Waals surface area contributed by atoms with E-state index < -0.39 is 12.0 Å². The van der Waals surface area contributed by atoms with E-state index in [1.165, 1.54) is 0 Å². The number of benzene rings is 1. The quantitative estimate of drug-likeness (QED) is 0.877. The summed E-state index contributed by atoms with van der Waals surface area (Å²) in [5.74, 6) is 0.0762. The van der Waals surface area contributed by atoms with Crippen LogP contribution in [-0.2, 0) is 4.79 Å². The minimum Gasteiger partial charge on any atom is -0.486 e. The van der Waals surface area contributed by atoms with Gasteiger partial charge in [0.15, 0.2) is 11.5 Å². The first-order chi connectivity index (χ1) is 8.50. The number of halogens is 1. The van der Waals surface area contributed by atoms with Crippen molar-refractivity contribution in [1.82, 2.24) is 0 Å². The van der Waals surface area contributed by atoms with Crippen LogP contribution in [0.2, 0.25) is 5.02 Å². The molecule has 1 heterocycles. The maximum Gasteiger partial charge on any atom is 0.305 e. The molecule has 0 saturated carbocycles. The number of fused-ring (bicyclic) bond motifs is 1. The summed E-state index contributed by atoms with van der Waals surface area (Å²) in [6.45, 7) is 2.68. The number of carboxylic acids is 1. The van der Waals surface area contributed by atoms with E-state index in [4.69, 9.17) is 31.9 Å². The lowest BCUT2D eigenvalue weighted by molar-refractivity contribution is -0.137. The first-order valence-corrected chi connectivity index (χ1v) is 5.94. The van der Waals surface area contributed by atoms with Crippen molar-refractivity contribution in [2.24, 2.45) is 5.73 Å². The lowest BCUT2D eigenvalue weighted by Gasteiger charge is -2.23. The summed E-state index contributed by atoms with van der Waals surface area (Å²) in [6, 6.07) is 1.10. The number of carboxylic acid groups (broad SMARTS) is 1. The molecule has 1 atom stereocenters. The van der Waals surface area contributed by atoms with Gasteiger partial charge in [-0.1, -0.05) is 11.6 Å². The van der Waals surface area contributed by atoms with Crippen LogP contribution < -0.4 is 15.2 Å². The number of aliphatic carboxylic acids is 1. The molecule has 1 aromatic carbocycles. The first-order valence-electron chi connectivity index (χ1n) is 5.56. The molecule has 0 aromatic heterocycles. The Kier molecular flexibility index (Phi) is 3.63. The van der Waals surface area contributed by atoms with Crippen LogP contribution in [0.5, 0.6) is 11.5 Å². The molecule has 0 spiro atoms. The average molecular weight is 272 g/mol. The first kappa shape index (κ1) is 13.0. The second kappa shape index (κ2) is 5.04. The third-order valence-corrected chi connectivity index (χ3v) is 3.31. The fourth-order valence-electron chi connectivity index (χ4n) is 1.94. The fourth-order valence-corrected chi connectivity index (χ4v) is 2.20. The molecule has 6 heteroatoms. The van der Waals surface area contributed by atoms with Crippen molar-refractivity contribution in [1.29, 1.82) is 0 Å². The Hall–Kier alpha value is -1.46. The van der Waals surface area contributed by atoms with Crippen LogP contribution in [0.3, 0.4) is 0 Å². The average Bonchev–Trinajstić information content (AvgIpc) is 2.33. The van der Waals surface area contributed by atoms with Crippen LogP contribution in [0, 0.1) is 6.92 Å². The second-order valence-corrected chi connectivity index (χ2v) is 4.51. The van der Waals surface area contributed by atoms with Gasteiger partial charge in [-0.15, -0.1) is 0 Å². The van der Waals surface area contributed by atoms with Gasteiger partial charge in [-0.2, -0.15) is 0 Å². The molecule has 1 aliphatic rings. The standard InChI is InChI=1S/C12H14ClNO4/c1-6-7(8(14)5-10(15)16)4-9-12(11(6)13)18-3-2-17-9/h4,8H,2-3,5,14H2,1H3,(H,15,16). The molecule has 5 nitrogen and oxygen atoms in total. The maximum absolute atomic E-state index is 10.7. The van der Waals surface area contributed by atoms with Gasteiger partial charge in [0.1, 0.15) is 13.2 Å². The van der Waals surface area contributed by atoms with Crippen molar-refractivity contribution in [2.45, 2.75) is 19.4 Å². The van der Waals surface area contributed by atoms with Crippen molar-refractivity contribution < 1.29 is 19.4 Å². The molecular weight excluding hydrogens is 258 g/mol. The van der Waals surface area contributed by atoms with E-state index >= 15 is 0 Å². The second-order valence-electron chi connectivity index (χ2n) is 4.13. The zero-order valence-corrected chi connectivity index (χ0v) is 10.7. The van der Waals surface area contributed by atoms with Gasteiger partial charge < -0.3 is 20.3 Å². The molecule has 3 N–H and O–H groups in total. The van der Waals surface area contributed by atoms with Crippen molar-refractivity contribution in [3.05, 3.63) is 22.2 Å². The Bertz CT molecular complexity index is 489. The highest BCUT2D eigenvalue weighted by atomic mass is 35.5. The van der Waals surface area contributed by atoms with Gasteiger partial charge in [0.05, 0.1) is 11.4 Å². The number of nitrogens with two attached hydrogens (primary N) is 1. The summed E-state index contributed by atoms with van der Waals surface area (Å²) in [5, 5.41) is 9.21. The van der Waals surface area contributed by atoms with Gasteiger partial charge in [-0.05, 0) is 24.1 Å². The SMILES string of the molecule is Cc1c(C(N)CC(=O)O)cc2c(c1Cl)OCCO2. The molecule has 2 rings (SSSR count). The summed E-state index contributed by atoms with van der Waals surface area (Å²) >= 11 is 6.19. The third kappa shape index (κ3) is 2.37. The van der Waals surface area contributed by atoms with Crippen LogP contribution in [0.4, 0.5) is 0 Å². The van der Waals surface area contributed by atoms with Gasteiger partial charge >= 0.3 is 5.97 Å². The summed E-state index contributed by atoms with van der Waals surface area (Å²) in [6.07, 6.45) is -0.156. The van der Waals surface area contributed by atoms with Gasteiger partial charge in [-0.3, -0.25) is 4.79 Å². The zero-order valence-electron chi connectivity index (χ0n) is 9.90. The topological polar surface area (TPSA) is 81.8 Å². The molecule has 1 aromatic rings. The van der Waals surface area contributed by atoms with Crippen molar-refractivity contribution in [3.8, 4) is 11.5 Å². The highest BCUT2D eigenvalue weighted by Gasteiger charge is 2.23. The Morgan fingerprint density at radius 3 is 2.89 bits per heavy atom. The van der Waals surface area contributed by atoms with Crippen LogP contribution in [-0.4, -0.2) is 24.3 Å². The molecule has 0 aliphatic carbocycles. The summed E-state index contributed by atoms with van der Waals surface area (Å²) < 4.78 is 10.9. The van der Waals surface area contributed by atoms with Crippen LogP contribution in [0.15, 0.2) is 6.07 Å². The molecule has 0 bridgehead atoms. The number of hydrogen-bond acceptors (Lipinski definition) is 4. The van der Waals surface area contributed by atoms with Gasteiger partial charge in [-0.25, -0.2) is 0 Å². The Morgan fingerprint density at radius 1 is 1.56 bits per heavy atom. The number of hydrogen-bond donors (Lipinski definition) is 2. The molecule has 98 valence electrons. The molecule has 0 radical (unpaired) electrons. The van der Waals surface area contributed by atoms with E-state index in [9.17, 15) is 4.79 Å². The van der Waals surface area contributed by atoms with Crippen LogP contribution in [0.1, 0.15) is 23.6 Å². The largest absolute Gasteiger partial charge is 0.486 e. The van der Waals surface area contributed by atoms with Crippen LogP contribution >= 0.6 is 11.6 Å². The maximum atomic E-state index is 10.7. The minimum atomic E-state index is -0.951. The highest BCUT2D eigenvalue weighted by molar-refractivity contribution is 6.33. The van der Waals surface area contributed by atoms with E-state index in [-0.39, 0.29) is 6.42 Å². The Balaban J connectivity index is 2.42. The summed E-state index contributed by atoms with van der Waals surface area (Å²) in [5.41, 5.74) is 7.27. The molecule has 0 amide bonds. The lowest BCUT2D eigenvalue weighted by Crippen LogP contribution is -2.19. The van der Waals surface area contributed by atoms with Gasteiger partial charge in [0, 0.05) is 6.04 Å². The normalized spacial score (nSPS) is 15.3.